The molecule has 0 aliphatic rings. The lowest BCUT2D eigenvalue weighted by molar-refractivity contribution is 0.0787. The fraction of sp³-hybridized carbons (Fsp3) is 0.0909. The predicted octanol–water partition coefficient (Wildman–Crippen LogP) is 4.64. The van der Waals surface area contributed by atoms with Gasteiger partial charge in [-0.15, -0.1) is 22.7 Å². The number of aromatic nitrogens is 3. The van der Waals surface area contributed by atoms with Crippen molar-refractivity contribution in [2.75, 3.05) is 7.05 Å². The van der Waals surface area contributed by atoms with Gasteiger partial charge in [-0.05, 0) is 23.6 Å². The number of nitrogens with one attached hydrogen (secondary N) is 1. The summed E-state index contributed by atoms with van der Waals surface area (Å²) in [5.74, 6) is 0.837. The highest BCUT2D eigenvalue weighted by atomic mass is 32.1. The number of thiazole rings is 1. The molecule has 0 aliphatic heterocycles. The standard InChI is InChI=1S/C22H16N4O3S2/c1-26(12-16-23-14-9-11-30-18(14)20(27)24-16)22(28)19-17(13-6-3-2-4-7-13)25-21(31-19)15-8-5-10-29-15/h2-11H,12H2,1H3,(H,23,24,27). The van der Waals surface area contributed by atoms with Crippen molar-refractivity contribution in [2.24, 2.45) is 0 Å². The minimum Gasteiger partial charge on any atom is -0.462 e. The van der Waals surface area contributed by atoms with Crippen molar-refractivity contribution < 1.29 is 9.21 Å². The largest absolute Gasteiger partial charge is 0.462 e. The molecule has 5 rings (SSSR count). The fourth-order valence-electron chi connectivity index (χ4n) is 3.23. The summed E-state index contributed by atoms with van der Waals surface area (Å²) in [5, 5.41) is 2.46. The Kier molecular flexibility index (Phi) is 4.97. The first-order chi connectivity index (χ1) is 15.1. The average molecular weight is 449 g/mol. The predicted molar refractivity (Wildman–Crippen MR) is 121 cm³/mol. The number of fused-ring (bicyclic) bond motifs is 1. The zero-order valence-corrected chi connectivity index (χ0v) is 18.0. The molecule has 4 heterocycles. The van der Waals surface area contributed by atoms with Crippen molar-refractivity contribution in [3.63, 3.8) is 0 Å². The van der Waals surface area contributed by atoms with Crippen molar-refractivity contribution in [2.45, 2.75) is 6.54 Å². The van der Waals surface area contributed by atoms with Crippen LogP contribution >= 0.6 is 22.7 Å². The highest BCUT2D eigenvalue weighted by Gasteiger charge is 2.24. The summed E-state index contributed by atoms with van der Waals surface area (Å²) < 4.78 is 6.06. The quantitative estimate of drug-likeness (QED) is 0.423. The molecule has 0 aliphatic carbocycles. The van der Waals surface area contributed by atoms with Crippen LogP contribution in [0.4, 0.5) is 0 Å². The molecular formula is C22H16N4O3S2. The highest BCUT2D eigenvalue weighted by Crippen LogP contribution is 2.35. The maximum absolute atomic E-state index is 13.4. The molecule has 0 spiro atoms. The number of hydrogen-bond donors (Lipinski definition) is 1. The van der Waals surface area contributed by atoms with E-state index in [-0.39, 0.29) is 18.0 Å². The number of furan rings is 1. The second-order valence-electron chi connectivity index (χ2n) is 6.85. The van der Waals surface area contributed by atoms with Crippen LogP contribution in [0.5, 0.6) is 0 Å². The molecule has 0 atom stereocenters. The van der Waals surface area contributed by atoms with E-state index in [4.69, 9.17) is 4.42 Å². The van der Waals surface area contributed by atoms with Crippen LogP contribution in [0.25, 0.3) is 32.2 Å². The summed E-state index contributed by atoms with van der Waals surface area (Å²) in [6.07, 6.45) is 1.58. The minimum atomic E-state index is -0.206. The number of H-pyrrole nitrogens is 1. The number of hydrogen-bond acceptors (Lipinski definition) is 7. The molecule has 5 aromatic rings. The second kappa shape index (κ2) is 7.93. The third kappa shape index (κ3) is 3.69. The van der Waals surface area contributed by atoms with Gasteiger partial charge in [0.2, 0.25) is 0 Å². The zero-order chi connectivity index (χ0) is 21.4. The molecule has 9 heteroatoms. The molecule has 31 heavy (non-hydrogen) atoms. The second-order valence-corrected chi connectivity index (χ2v) is 8.76. The van der Waals surface area contributed by atoms with Crippen LogP contribution in [0.2, 0.25) is 0 Å². The van der Waals surface area contributed by atoms with Gasteiger partial charge in [0.15, 0.2) is 10.8 Å². The Labute approximate surface area is 184 Å². The Morgan fingerprint density at radius 2 is 1.97 bits per heavy atom. The Morgan fingerprint density at radius 1 is 1.13 bits per heavy atom. The van der Waals surface area contributed by atoms with E-state index in [2.05, 4.69) is 15.0 Å². The van der Waals surface area contributed by atoms with Gasteiger partial charge in [0.25, 0.3) is 11.5 Å². The van der Waals surface area contributed by atoms with E-state index in [0.29, 0.717) is 37.4 Å². The number of carbonyl (C=O) groups is 1. The number of aromatic amines is 1. The molecule has 0 fully saturated rings. The topological polar surface area (TPSA) is 92.1 Å². The lowest BCUT2D eigenvalue weighted by Gasteiger charge is -2.16. The Bertz CT molecular complexity index is 1420. The number of rotatable bonds is 5. The van der Waals surface area contributed by atoms with Crippen LogP contribution < -0.4 is 5.56 Å². The van der Waals surface area contributed by atoms with Gasteiger partial charge in [0.05, 0.1) is 24.0 Å². The van der Waals surface area contributed by atoms with Crippen LogP contribution in [-0.4, -0.2) is 32.8 Å². The van der Waals surface area contributed by atoms with E-state index in [1.165, 1.54) is 27.6 Å². The lowest BCUT2D eigenvalue weighted by atomic mass is 10.1. The maximum atomic E-state index is 13.4. The molecule has 7 nitrogen and oxygen atoms in total. The van der Waals surface area contributed by atoms with Crippen LogP contribution in [0.15, 0.2) is 69.4 Å². The van der Waals surface area contributed by atoms with Gasteiger partial charge in [0, 0.05) is 12.6 Å². The monoisotopic (exact) mass is 448 g/mol. The van der Waals surface area contributed by atoms with Crippen molar-refractivity contribution in [1.82, 2.24) is 19.9 Å². The number of nitrogens with zero attached hydrogens (tertiary/aromatic N) is 3. The van der Waals surface area contributed by atoms with Gasteiger partial charge in [-0.2, -0.15) is 0 Å². The third-order valence-corrected chi connectivity index (χ3v) is 6.66. The zero-order valence-electron chi connectivity index (χ0n) is 16.4. The van der Waals surface area contributed by atoms with Crippen molar-refractivity contribution in [1.29, 1.82) is 0 Å². The molecule has 0 radical (unpaired) electrons. The Balaban J connectivity index is 1.50. The molecule has 4 aromatic heterocycles. The molecule has 1 amide bonds. The first kappa shape index (κ1) is 19.4. The average Bonchev–Trinajstić information content (AvgIpc) is 3.53. The van der Waals surface area contributed by atoms with Gasteiger partial charge in [-0.3, -0.25) is 9.59 Å². The van der Waals surface area contributed by atoms with Crippen molar-refractivity contribution in [3.8, 4) is 22.0 Å². The van der Waals surface area contributed by atoms with Crippen LogP contribution in [-0.2, 0) is 6.54 Å². The van der Waals surface area contributed by atoms with E-state index in [1.54, 1.807) is 25.4 Å². The number of amides is 1. The van der Waals surface area contributed by atoms with Gasteiger partial charge in [0.1, 0.15) is 15.4 Å². The molecule has 154 valence electrons. The van der Waals surface area contributed by atoms with E-state index in [9.17, 15) is 9.59 Å². The molecule has 0 saturated heterocycles. The first-order valence-electron chi connectivity index (χ1n) is 9.42. The summed E-state index contributed by atoms with van der Waals surface area (Å²) in [5.41, 5.74) is 1.88. The summed E-state index contributed by atoms with van der Waals surface area (Å²) in [6, 6.07) is 15.0. The molecule has 0 bridgehead atoms. The number of carbonyl (C=O) groups excluding carboxylic acids is 1. The minimum absolute atomic E-state index is 0.169. The first-order valence-corrected chi connectivity index (χ1v) is 11.1. The van der Waals surface area contributed by atoms with Crippen LogP contribution in [0.3, 0.4) is 0 Å². The molecule has 0 unspecified atom stereocenters. The van der Waals surface area contributed by atoms with Crippen molar-refractivity contribution in [3.05, 3.63) is 81.2 Å². The normalized spacial score (nSPS) is 11.1. The van der Waals surface area contributed by atoms with Crippen molar-refractivity contribution >= 4 is 38.8 Å². The van der Waals surface area contributed by atoms with Gasteiger partial charge in [-0.1, -0.05) is 30.3 Å². The van der Waals surface area contributed by atoms with E-state index >= 15 is 0 Å². The van der Waals surface area contributed by atoms with Gasteiger partial charge in [-0.25, -0.2) is 9.97 Å². The Morgan fingerprint density at radius 3 is 2.74 bits per heavy atom. The maximum Gasteiger partial charge on any atom is 0.268 e. The lowest BCUT2D eigenvalue weighted by Crippen LogP contribution is -2.28. The van der Waals surface area contributed by atoms with E-state index < -0.39 is 0 Å². The summed E-state index contributed by atoms with van der Waals surface area (Å²) in [7, 11) is 1.68. The SMILES string of the molecule is CN(Cc1nc2ccsc2c(=O)[nH]1)C(=O)c1sc(-c2ccco2)nc1-c1ccccc1. The molecule has 1 aromatic carbocycles. The summed E-state index contributed by atoms with van der Waals surface area (Å²) >= 11 is 2.62. The van der Waals surface area contributed by atoms with Crippen LogP contribution in [0, 0.1) is 0 Å². The van der Waals surface area contributed by atoms with E-state index in [0.717, 1.165) is 5.56 Å². The van der Waals surface area contributed by atoms with Gasteiger partial charge >= 0.3 is 0 Å². The number of thiophene rings is 1. The molecule has 1 N–H and O–H groups in total. The summed E-state index contributed by atoms with van der Waals surface area (Å²) in [4.78, 5) is 39.6. The molecule has 0 saturated carbocycles. The molecular weight excluding hydrogens is 432 g/mol. The third-order valence-electron chi connectivity index (χ3n) is 4.70. The van der Waals surface area contributed by atoms with Gasteiger partial charge < -0.3 is 14.3 Å². The Hall–Kier alpha value is -3.56. The highest BCUT2D eigenvalue weighted by molar-refractivity contribution is 7.17. The fourth-order valence-corrected chi connectivity index (χ4v) is 5.00. The number of benzene rings is 1. The smallest absolute Gasteiger partial charge is 0.268 e. The summed E-state index contributed by atoms with van der Waals surface area (Å²) in [6.45, 7) is 0.169. The van der Waals surface area contributed by atoms with Crippen LogP contribution in [0.1, 0.15) is 15.5 Å². The van der Waals surface area contributed by atoms with E-state index in [1.807, 2.05) is 41.8 Å².